The summed E-state index contributed by atoms with van der Waals surface area (Å²) < 4.78 is 11.5. The number of anilines is 1. The van der Waals surface area contributed by atoms with Crippen LogP contribution in [0.1, 0.15) is 36.9 Å². The number of thiophene rings is 1. The lowest BCUT2D eigenvalue weighted by Gasteiger charge is -2.06. The van der Waals surface area contributed by atoms with Crippen LogP contribution in [0.5, 0.6) is 0 Å². The summed E-state index contributed by atoms with van der Waals surface area (Å²) in [5, 5.41) is 2.97. The fraction of sp³-hybridized carbons (Fsp3) is 0.263. The van der Waals surface area contributed by atoms with Gasteiger partial charge in [0, 0.05) is 17.3 Å². The molecule has 0 aliphatic heterocycles. The minimum Gasteiger partial charge on any atom is -0.465 e. The van der Waals surface area contributed by atoms with Crippen LogP contribution in [-0.2, 0) is 14.3 Å². The number of hydrogen-bond donors (Lipinski definition) is 1. The first-order valence-corrected chi connectivity index (χ1v) is 9.22. The number of nitrogens with one attached hydrogen (secondary N) is 1. The molecule has 0 aliphatic carbocycles. The molecule has 0 fully saturated rings. The number of imidazole rings is 1. The second-order valence-corrected chi connectivity index (χ2v) is 7.42. The van der Waals surface area contributed by atoms with Gasteiger partial charge in [-0.15, -0.1) is 11.3 Å². The molecule has 3 rings (SSSR count). The van der Waals surface area contributed by atoms with E-state index in [0.717, 1.165) is 16.0 Å². The molecule has 9 heteroatoms. The van der Waals surface area contributed by atoms with Gasteiger partial charge in [0.05, 0.1) is 12.7 Å². The first-order valence-electron chi connectivity index (χ1n) is 8.40. The molecule has 0 atom stereocenters. The predicted octanol–water partition coefficient (Wildman–Crippen LogP) is 2.90. The highest BCUT2D eigenvalue weighted by atomic mass is 32.1. The van der Waals surface area contributed by atoms with Gasteiger partial charge >= 0.3 is 11.9 Å². The number of pyridine rings is 1. The standard InChI is InChI=1S/C19H19N3O5S/c1-10-5-6-22-8-13(20-14(22)7-10)18(24)27-9-15(23)21-17-16(19(25)26-4)11(2)12(3)28-17/h5-8H,9H2,1-4H3,(H,21,23). The molecular formula is C19H19N3O5S. The fourth-order valence-electron chi connectivity index (χ4n) is 2.61. The molecule has 3 aromatic heterocycles. The molecule has 146 valence electrons. The molecule has 1 N–H and O–H groups in total. The summed E-state index contributed by atoms with van der Waals surface area (Å²) in [6, 6.07) is 3.72. The van der Waals surface area contributed by atoms with E-state index in [0.29, 0.717) is 16.2 Å². The number of carbonyl (C=O) groups excluding carboxylic acids is 3. The molecule has 3 aromatic rings. The summed E-state index contributed by atoms with van der Waals surface area (Å²) in [5.74, 6) is -1.79. The highest BCUT2D eigenvalue weighted by Crippen LogP contribution is 2.32. The summed E-state index contributed by atoms with van der Waals surface area (Å²) in [4.78, 5) is 41.4. The average Bonchev–Trinajstić information content (AvgIpc) is 3.20. The molecule has 0 unspecified atom stereocenters. The molecule has 0 radical (unpaired) electrons. The highest BCUT2D eigenvalue weighted by Gasteiger charge is 2.22. The monoisotopic (exact) mass is 401 g/mol. The Morgan fingerprint density at radius 3 is 2.68 bits per heavy atom. The van der Waals surface area contributed by atoms with E-state index in [4.69, 9.17) is 9.47 Å². The third-order valence-corrected chi connectivity index (χ3v) is 5.31. The van der Waals surface area contributed by atoms with Crippen molar-refractivity contribution in [1.29, 1.82) is 0 Å². The van der Waals surface area contributed by atoms with E-state index in [1.54, 1.807) is 17.5 Å². The Kier molecular flexibility index (Phi) is 5.46. The van der Waals surface area contributed by atoms with Crippen LogP contribution in [0, 0.1) is 20.8 Å². The molecule has 3 heterocycles. The summed E-state index contributed by atoms with van der Waals surface area (Å²) in [5.41, 5.74) is 2.78. The van der Waals surface area contributed by atoms with E-state index < -0.39 is 24.5 Å². The van der Waals surface area contributed by atoms with Crippen molar-refractivity contribution < 1.29 is 23.9 Å². The molecule has 1 amide bonds. The molecule has 0 aliphatic rings. The van der Waals surface area contributed by atoms with Crippen LogP contribution < -0.4 is 5.32 Å². The van der Waals surface area contributed by atoms with E-state index in [2.05, 4.69) is 10.3 Å². The van der Waals surface area contributed by atoms with Gasteiger partial charge in [0.25, 0.3) is 5.91 Å². The van der Waals surface area contributed by atoms with Crippen molar-refractivity contribution in [3.05, 3.63) is 51.8 Å². The first kappa shape index (κ1) is 19.6. The second-order valence-electron chi connectivity index (χ2n) is 6.20. The zero-order chi connectivity index (χ0) is 20.4. The van der Waals surface area contributed by atoms with E-state index >= 15 is 0 Å². The van der Waals surface area contributed by atoms with Crippen LogP contribution in [0.2, 0.25) is 0 Å². The number of aryl methyl sites for hydroxylation is 2. The van der Waals surface area contributed by atoms with Gasteiger partial charge in [0.2, 0.25) is 0 Å². The fourth-order valence-corrected chi connectivity index (χ4v) is 3.68. The minimum absolute atomic E-state index is 0.108. The molecule has 0 bridgehead atoms. The third-order valence-electron chi connectivity index (χ3n) is 4.19. The van der Waals surface area contributed by atoms with Crippen LogP contribution in [0.25, 0.3) is 5.65 Å². The lowest BCUT2D eigenvalue weighted by atomic mass is 10.1. The molecule has 0 saturated heterocycles. The SMILES string of the molecule is COC(=O)c1c(NC(=O)COC(=O)c2cn3ccc(C)cc3n2)sc(C)c1C. The molecule has 0 spiro atoms. The van der Waals surface area contributed by atoms with Crippen LogP contribution in [0.3, 0.4) is 0 Å². The van der Waals surface area contributed by atoms with Crippen molar-refractivity contribution in [2.75, 3.05) is 19.0 Å². The molecular weight excluding hydrogens is 382 g/mol. The number of carbonyl (C=O) groups is 3. The average molecular weight is 401 g/mol. The zero-order valence-electron chi connectivity index (χ0n) is 15.9. The van der Waals surface area contributed by atoms with E-state index in [1.807, 2.05) is 26.0 Å². The second kappa shape index (κ2) is 7.81. The largest absolute Gasteiger partial charge is 0.465 e. The number of ether oxygens (including phenoxy) is 2. The maximum Gasteiger partial charge on any atom is 0.359 e. The minimum atomic E-state index is -0.705. The van der Waals surface area contributed by atoms with Crippen molar-refractivity contribution in [2.45, 2.75) is 20.8 Å². The number of hydrogen-bond acceptors (Lipinski definition) is 7. The molecule has 8 nitrogen and oxygen atoms in total. The number of fused-ring (bicyclic) bond motifs is 1. The first-order chi connectivity index (χ1) is 13.3. The van der Waals surface area contributed by atoms with E-state index in [-0.39, 0.29) is 5.69 Å². The van der Waals surface area contributed by atoms with Gasteiger partial charge in [-0.3, -0.25) is 4.79 Å². The summed E-state index contributed by atoms with van der Waals surface area (Å²) in [7, 11) is 1.28. The third kappa shape index (κ3) is 3.89. The zero-order valence-corrected chi connectivity index (χ0v) is 16.7. The van der Waals surface area contributed by atoms with Crippen LogP contribution in [-0.4, -0.2) is 40.9 Å². The topological polar surface area (TPSA) is 99.0 Å². The van der Waals surface area contributed by atoms with Crippen molar-refractivity contribution in [3.8, 4) is 0 Å². The van der Waals surface area contributed by atoms with Gasteiger partial charge in [-0.25, -0.2) is 14.6 Å². The van der Waals surface area contributed by atoms with Crippen LogP contribution in [0.15, 0.2) is 24.5 Å². The molecule has 28 heavy (non-hydrogen) atoms. The van der Waals surface area contributed by atoms with Gasteiger partial charge in [-0.05, 0) is 44.0 Å². The molecule has 0 saturated carbocycles. The van der Waals surface area contributed by atoms with Crippen molar-refractivity contribution in [1.82, 2.24) is 9.38 Å². The lowest BCUT2D eigenvalue weighted by Crippen LogP contribution is -2.21. The number of rotatable bonds is 5. The van der Waals surface area contributed by atoms with Gasteiger partial charge in [0.15, 0.2) is 12.3 Å². The number of nitrogens with zero attached hydrogens (tertiary/aromatic N) is 2. The van der Waals surface area contributed by atoms with Crippen molar-refractivity contribution >= 4 is 39.8 Å². The Bertz CT molecular complexity index is 1080. The normalized spacial score (nSPS) is 10.7. The number of methoxy groups -OCH3 is 1. The predicted molar refractivity (Wildman–Crippen MR) is 104 cm³/mol. The van der Waals surface area contributed by atoms with Gasteiger partial charge in [-0.1, -0.05) is 0 Å². The van der Waals surface area contributed by atoms with Crippen LogP contribution >= 0.6 is 11.3 Å². The lowest BCUT2D eigenvalue weighted by molar-refractivity contribution is -0.119. The summed E-state index contributed by atoms with van der Waals surface area (Å²) >= 11 is 1.26. The van der Waals surface area contributed by atoms with Crippen molar-refractivity contribution in [2.24, 2.45) is 0 Å². The number of esters is 2. The quantitative estimate of drug-likeness (QED) is 0.660. The van der Waals surface area contributed by atoms with Crippen LogP contribution in [0.4, 0.5) is 5.00 Å². The van der Waals surface area contributed by atoms with E-state index in [9.17, 15) is 14.4 Å². The molecule has 0 aromatic carbocycles. The summed E-state index contributed by atoms with van der Waals surface area (Å²) in [6.07, 6.45) is 3.33. The number of aromatic nitrogens is 2. The maximum atomic E-state index is 12.2. The Labute approximate surface area is 165 Å². The van der Waals surface area contributed by atoms with Gasteiger partial charge in [0.1, 0.15) is 10.6 Å². The Hall–Kier alpha value is -3.20. The smallest absolute Gasteiger partial charge is 0.359 e. The van der Waals surface area contributed by atoms with E-state index in [1.165, 1.54) is 24.6 Å². The Morgan fingerprint density at radius 2 is 1.96 bits per heavy atom. The van der Waals surface area contributed by atoms with Gasteiger partial charge in [-0.2, -0.15) is 0 Å². The summed E-state index contributed by atoms with van der Waals surface area (Å²) in [6.45, 7) is 5.04. The highest BCUT2D eigenvalue weighted by molar-refractivity contribution is 7.16. The number of amides is 1. The Balaban J connectivity index is 1.66. The maximum absolute atomic E-state index is 12.2. The Morgan fingerprint density at radius 1 is 1.21 bits per heavy atom. The van der Waals surface area contributed by atoms with Crippen molar-refractivity contribution in [3.63, 3.8) is 0 Å². The van der Waals surface area contributed by atoms with Gasteiger partial charge < -0.3 is 19.2 Å².